The number of hydrogen-bond acceptors (Lipinski definition) is 4. The second kappa shape index (κ2) is 44.2. The molecule has 5 heavy (non-hydrogen) atoms. The van der Waals surface area contributed by atoms with E-state index in [9.17, 15) is 0 Å². The molecule has 0 saturated carbocycles. The van der Waals surface area contributed by atoms with Crippen LogP contribution in [0.4, 0.5) is 0 Å². The summed E-state index contributed by atoms with van der Waals surface area (Å²) < 4.78 is 15.7. The average molecular weight is 136 g/mol. The van der Waals surface area contributed by atoms with Crippen LogP contribution in [0.1, 0.15) is 1.43 Å². The van der Waals surface area contributed by atoms with Crippen molar-refractivity contribution in [3.05, 3.63) is 0 Å². The van der Waals surface area contributed by atoms with Gasteiger partial charge in [0.2, 0.25) is 0 Å². The van der Waals surface area contributed by atoms with Crippen LogP contribution < -0.4 is 51.4 Å². The van der Waals surface area contributed by atoms with E-state index in [1.807, 2.05) is 0 Å². The number of hydrogen-bond donors (Lipinski definition) is 0. The first-order chi connectivity index (χ1) is 2.00. The molecule has 0 aromatic heterocycles. The van der Waals surface area contributed by atoms with Gasteiger partial charge in [-0.2, -0.15) is 8.42 Å². The van der Waals surface area contributed by atoms with E-state index in [2.05, 4.69) is 25.1 Å². The third-order valence-corrected chi connectivity index (χ3v) is 0. The van der Waals surface area contributed by atoms with E-state index in [-0.39, 0.29) is 52.8 Å². The molecule has 0 spiro atoms. The quantitative estimate of drug-likeness (QED) is 0.323. The van der Waals surface area contributed by atoms with Crippen molar-refractivity contribution in [1.82, 2.24) is 0 Å². The van der Waals surface area contributed by atoms with Crippen molar-refractivity contribution in [2.24, 2.45) is 0 Å². The molecule has 0 aliphatic rings. The summed E-state index contributed by atoms with van der Waals surface area (Å²) in [6, 6.07) is 0. The maximum absolute atomic E-state index is 7.83. The van der Waals surface area contributed by atoms with Crippen LogP contribution >= 0.6 is 0 Å². The zero-order valence-electron chi connectivity index (χ0n) is 3.63. The van der Waals surface area contributed by atoms with Crippen LogP contribution in [-0.4, -0.2) is 8.42 Å². The predicted octanol–water partition coefficient (Wildman–Crippen LogP) is -3.56. The van der Waals surface area contributed by atoms with Gasteiger partial charge in [-0.25, -0.2) is 0 Å². The van der Waals surface area contributed by atoms with Crippen molar-refractivity contribution < 1.29 is 61.2 Å². The molecule has 0 aromatic carbocycles. The summed E-state index contributed by atoms with van der Waals surface area (Å²) >= 11 is 5.67. The maximum Gasteiger partial charge on any atom is 1.00 e. The van der Waals surface area contributed by atoms with E-state index in [0.717, 1.165) is 0 Å². The van der Waals surface area contributed by atoms with Gasteiger partial charge in [-0.15, -0.1) is 0 Å². The Kier molecular flexibility index (Phi) is 141. The maximum atomic E-state index is 7.83. The fraction of sp³-hybridized carbons (Fsp3) is 0. The van der Waals surface area contributed by atoms with Crippen molar-refractivity contribution in [1.29, 1.82) is 0 Å². The van der Waals surface area contributed by atoms with Crippen LogP contribution in [0.5, 0.6) is 0 Å². The van der Waals surface area contributed by atoms with Gasteiger partial charge in [0.15, 0.2) is 25.1 Å². The third kappa shape index (κ3) is 27.3. The Morgan fingerprint density at radius 3 is 1.00 bits per heavy atom. The van der Waals surface area contributed by atoms with Gasteiger partial charge in [-0.3, -0.25) is 0 Å². The molecule has 0 radical (unpaired) electrons. The van der Waals surface area contributed by atoms with E-state index < -0.39 is 0 Å². The molecule has 2 nitrogen and oxygen atoms in total. The molecule has 0 heterocycles. The molecule has 0 fully saturated rings. The van der Waals surface area contributed by atoms with Gasteiger partial charge in [-0.1, -0.05) is 0 Å². The fourth-order valence-corrected chi connectivity index (χ4v) is 0. The summed E-state index contributed by atoms with van der Waals surface area (Å²) in [5, 5.41) is 0. The van der Waals surface area contributed by atoms with E-state index in [1.165, 1.54) is 0 Å². The SMILES string of the molecule is O=S.O=S.[H-].[K+]. The Bertz CT molecular complexity index is 13.5. The molecular formula is HKO2S2. The molecule has 0 bridgehead atoms. The van der Waals surface area contributed by atoms with Crippen LogP contribution in [0.3, 0.4) is 0 Å². The molecule has 0 atom stereocenters. The van der Waals surface area contributed by atoms with Crippen LogP contribution in [0.2, 0.25) is 0 Å². The summed E-state index contributed by atoms with van der Waals surface area (Å²) in [5.41, 5.74) is 0. The Balaban J connectivity index is -0.00000000500. The zero-order chi connectivity index (χ0) is 4.00. The second-order valence-corrected chi connectivity index (χ2v) is 0. The van der Waals surface area contributed by atoms with E-state index in [0.29, 0.717) is 0 Å². The third-order valence-electron chi connectivity index (χ3n) is 0. The van der Waals surface area contributed by atoms with Crippen molar-refractivity contribution in [3.8, 4) is 0 Å². The molecule has 0 N–H and O–H groups in total. The van der Waals surface area contributed by atoms with E-state index in [4.69, 9.17) is 8.42 Å². The first-order valence-electron chi connectivity index (χ1n) is 0.333. The monoisotopic (exact) mass is 136 g/mol. The standard InChI is InChI=1S/K.2OS.H/c;2*1-2;/q+1;;;-1. The molecule has 0 unspecified atom stereocenters. The Morgan fingerprint density at radius 2 is 1.00 bits per heavy atom. The van der Waals surface area contributed by atoms with Gasteiger partial charge in [0.05, 0.1) is 0 Å². The molecule has 0 rings (SSSR count). The first kappa shape index (κ1) is 15.9. The topological polar surface area (TPSA) is 34.1 Å². The van der Waals surface area contributed by atoms with Crippen LogP contribution in [0.25, 0.3) is 0 Å². The van der Waals surface area contributed by atoms with Crippen molar-refractivity contribution >= 4 is 25.1 Å². The summed E-state index contributed by atoms with van der Waals surface area (Å²) in [6.45, 7) is 0. The minimum Gasteiger partial charge on any atom is -1.00 e. The molecule has 0 aromatic rings. The normalized spacial score (nSPS) is 1.60. The molecule has 0 amide bonds. The zero-order valence-corrected chi connectivity index (χ0v) is 7.39. The second-order valence-electron chi connectivity index (χ2n) is 0. The van der Waals surface area contributed by atoms with Crippen molar-refractivity contribution in [2.75, 3.05) is 0 Å². The summed E-state index contributed by atoms with van der Waals surface area (Å²) in [5.74, 6) is 0. The van der Waals surface area contributed by atoms with Gasteiger partial charge in [0, 0.05) is 0 Å². The fourth-order valence-electron chi connectivity index (χ4n) is 0. The van der Waals surface area contributed by atoms with Gasteiger partial charge < -0.3 is 1.43 Å². The summed E-state index contributed by atoms with van der Waals surface area (Å²) in [4.78, 5) is 0. The molecule has 5 heteroatoms. The predicted molar refractivity (Wildman–Crippen MR) is 17.4 cm³/mol. The van der Waals surface area contributed by atoms with Crippen molar-refractivity contribution in [2.45, 2.75) is 0 Å². The Labute approximate surface area is 84.7 Å². The van der Waals surface area contributed by atoms with E-state index >= 15 is 0 Å². The largest absolute Gasteiger partial charge is 1.00 e. The molecule has 0 aliphatic carbocycles. The molecular weight excluding hydrogens is 135 g/mol. The number of rotatable bonds is 0. The van der Waals surface area contributed by atoms with Crippen LogP contribution in [0.15, 0.2) is 0 Å². The average Bonchev–Trinajstić information content (AvgIpc) is 1.50. The van der Waals surface area contributed by atoms with Crippen molar-refractivity contribution in [3.63, 3.8) is 0 Å². The molecule has 0 aliphatic heterocycles. The van der Waals surface area contributed by atoms with Gasteiger partial charge in [0.25, 0.3) is 0 Å². The first-order valence-corrected chi connectivity index (χ1v) is 1.00. The minimum atomic E-state index is 0. The molecule has 26 valence electrons. The Morgan fingerprint density at radius 1 is 1.00 bits per heavy atom. The van der Waals surface area contributed by atoms with Crippen LogP contribution in [0, 0.1) is 0 Å². The molecule has 0 saturated heterocycles. The van der Waals surface area contributed by atoms with Gasteiger partial charge in [0.1, 0.15) is 0 Å². The summed E-state index contributed by atoms with van der Waals surface area (Å²) in [6.07, 6.45) is 0. The van der Waals surface area contributed by atoms with E-state index in [1.54, 1.807) is 0 Å². The smallest absolute Gasteiger partial charge is 1.00 e. The Hall–Kier alpha value is 1.68. The minimum absolute atomic E-state index is 0. The van der Waals surface area contributed by atoms with Gasteiger partial charge >= 0.3 is 51.4 Å². The van der Waals surface area contributed by atoms with Gasteiger partial charge in [-0.05, 0) is 0 Å². The van der Waals surface area contributed by atoms with Crippen LogP contribution in [-0.2, 0) is 25.1 Å². The summed E-state index contributed by atoms with van der Waals surface area (Å²) in [7, 11) is 0.